The van der Waals surface area contributed by atoms with Gasteiger partial charge in [-0.2, -0.15) is 0 Å². The van der Waals surface area contributed by atoms with Crippen LogP contribution in [0.15, 0.2) is 40.9 Å². The third kappa shape index (κ3) is 2.32. The number of fused-ring (bicyclic) bond motifs is 2. The first-order chi connectivity index (χ1) is 11.9. The van der Waals surface area contributed by atoms with Crippen LogP contribution in [0.5, 0.6) is 5.75 Å². The number of carbonyl (C=O) groups excluding carboxylic acids is 2. The van der Waals surface area contributed by atoms with Crippen molar-refractivity contribution in [3.63, 3.8) is 0 Å². The van der Waals surface area contributed by atoms with Gasteiger partial charge >= 0.3 is 0 Å². The highest BCUT2D eigenvalue weighted by molar-refractivity contribution is 9.10. The van der Waals surface area contributed by atoms with Crippen molar-refractivity contribution in [2.75, 3.05) is 12.4 Å². The molecule has 2 aromatic carbocycles. The largest absolute Gasteiger partial charge is 0.497 e. The second-order valence-electron chi connectivity index (χ2n) is 6.39. The molecule has 2 atom stereocenters. The van der Waals surface area contributed by atoms with E-state index in [1.807, 2.05) is 6.07 Å². The molecule has 0 radical (unpaired) electrons. The molecular formula is C19H16BrNO4. The lowest BCUT2D eigenvalue weighted by Gasteiger charge is -2.33. The zero-order chi connectivity index (χ0) is 17.8. The fourth-order valence-electron chi connectivity index (χ4n) is 3.79. The van der Waals surface area contributed by atoms with Gasteiger partial charge in [0.15, 0.2) is 11.4 Å². The highest BCUT2D eigenvalue weighted by atomic mass is 79.9. The number of hydrogen-bond donors (Lipinski definition) is 2. The highest BCUT2D eigenvalue weighted by Gasteiger charge is 2.54. The van der Waals surface area contributed by atoms with Crippen LogP contribution < -0.4 is 10.1 Å². The summed E-state index contributed by atoms with van der Waals surface area (Å²) >= 11 is 3.37. The number of aliphatic hydroxyl groups is 1. The van der Waals surface area contributed by atoms with E-state index in [4.69, 9.17) is 4.74 Å². The zero-order valence-corrected chi connectivity index (χ0v) is 15.1. The first-order valence-corrected chi connectivity index (χ1v) is 8.79. The lowest BCUT2D eigenvalue weighted by Crippen LogP contribution is -2.47. The summed E-state index contributed by atoms with van der Waals surface area (Å²) in [5, 5.41) is 14.0. The van der Waals surface area contributed by atoms with E-state index in [9.17, 15) is 14.7 Å². The summed E-state index contributed by atoms with van der Waals surface area (Å²) in [5.41, 5.74) is 0.568. The molecular weight excluding hydrogens is 386 g/mol. The van der Waals surface area contributed by atoms with Crippen molar-refractivity contribution in [3.05, 3.63) is 57.6 Å². The van der Waals surface area contributed by atoms with Crippen LogP contribution in [0.4, 0.5) is 5.69 Å². The van der Waals surface area contributed by atoms with Gasteiger partial charge in [0.2, 0.25) is 0 Å². The molecule has 2 aliphatic rings. The Hall–Kier alpha value is -2.18. The maximum atomic E-state index is 13.1. The molecule has 1 aliphatic carbocycles. The number of methoxy groups -OCH3 is 1. The number of amides is 1. The number of ether oxygens (including phenoxy) is 1. The molecule has 6 heteroatoms. The Morgan fingerprint density at radius 2 is 2.04 bits per heavy atom. The number of anilines is 1. The van der Waals surface area contributed by atoms with Crippen molar-refractivity contribution in [3.8, 4) is 5.75 Å². The van der Waals surface area contributed by atoms with E-state index in [2.05, 4.69) is 21.2 Å². The Balaban J connectivity index is 1.79. The quantitative estimate of drug-likeness (QED) is 0.810. The smallest absolute Gasteiger partial charge is 0.261 e. The van der Waals surface area contributed by atoms with Gasteiger partial charge < -0.3 is 15.2 Å². The topological polar surface area (TPSA) is 75.6 Å². The van der Waals surface area contributed by atoms with Gasteiger partial charge in [-0.1, -0.05) is 15.9 Å². The average molecular weight is 402 g/mol. The van der Waals surface area contributed by atoms with Crippen LogP contribution in [0.3, 0.4) is 0 Å². The van der Waals surface area contributed by atoms with Crippen molar-refractivity contribution in [2.24, 2.45) is 5.92 Å². The summed E-state index contributed by atoms with van der Waals surface area (Å²) in [6, 6.07) is 10.5. The fraction of sp³-hybridized carbons (Fsp3) is 0.263. The molecule has 0 bridgehead atoms. The lowest BCUT2D eigenvalue weighted by atomic mass is 9.71. The molecule has 0 unspecified atom stereocenters. The predicted molar refractivity (Wildman–Crippen MR) is 95.8 cm³/mol. The van der Waals surface area contributed by atoms with Gasteiger partial charge in [-0.3, -0.25) is 9.59 Å². The van der Waals surface area contributed by atoms with Crippen molar-refractivity contribution >= 4 is 33.3 Å². The van der Waals surface area contributed by atoms with Crippen LogP contribution in [0.1, 0.15) is 27.9 Å². The fourth-order valence-corrected chi connectivity index (χ4v) is 4.15. The number of ketones is 1. The maximum Gasteiger partial charge on any atom is 0.261 e. The second kappa shape index (κ2) is 5.68. The minimum atomic E-state index is -1.85. The Kier molecular flexibility index (Phi) is 3.70. The molecule has 0 saturated heterocycles. The average Bonchev–Trinajstić information content (AvgIpc) is 2.86. The van der Waals surface area contributed by atoms with Gasteiger partial charge in [0.25, 0.3) is 5.91 Å². The van der Waals surface area contributed by atoms with Crippen molar-refractivity contribution < 1.29 is 19.4 Å². The molecule has 2 N–H and O–H groups in total. The van der Waals surface area contributed by atoms with Crippen LogP contribution in [0, 0.1) is 5.92 Å². The van der Waals surface area contributed by atoms with E-state index in [0.29, 0.717) is 35.4 Å². The molecule has 128 valence electrons. The van der Waals surface area contributed by atoms with Crippen molar-refractivity contribution in [1.29, 1.82) is 0 Å². The molecule has 25 heavy (non-hydrogen) atoms. The summed E-state index contributed by atoms with van der Waals surface area (Å²) in [4.78, 5) is 25.6. The number of hydrogen-bond acceptors (Lipinski definition) is 4. The number of nitrogens with one attached hydrogen (secondary N) is 1. The van der Waals surface area contributed by atoms with Crippen LogP contribution >= 0.6 is 15.9 Å². The molecule has 1 aliphatic heterocycles. The third-order valence-corrected chi connectivity index (χ3v) is 5.58. The van der Waals surface area contributed by atoms with Gasteiger partial charge in [-0.05, 0) is 54.8 Å². The molecule has 4 rings (SSSR count). The molecule has 2 aromatic rings. The molecule has 1 heterocycles. The van der Waals surface area contributed by atoms with E-state index in [0.717, 1.165) is 10.0 Å². The second-order valence-corrected chi connectivity index (χ2v) is 7.30. The lowest BCUT2D eigenvalue weighted by molar-refractivity contribution is -0.138. The van der Waals surface area contributed by atoms with Crippen LogP contribution in [0.25, 0.3) is 0 Å². The Morgan fingerprint density at radius 1 is 1.24 bits per heavy atom. The van der Waals surface area contributed by atoms with Crippen molar-refractivity contribution in [2.45, 2.75) is 18.4 Å². The number of aryl methyl sites for hydroxylation is 1. The highest BCUT2D eigenvalue weighted by Crippen LogP contribution is 2.46. The summed E-state index contributed by atoms with van der Waals surface area (Å²) in [5.74, 6) is -0.883. The number of carbonyl (C=O) groups is 2. The van der Waals surface area contributed by atoms with Crippen molar-refractivity contribution in [1.82, 2.24) is 0 Å². The van der Waals surface area contributed by atoms with E-state index >= 15 is 0 Å². The minimum Gasteiger partial charge on any atom is -0.497 e. The molecule has 0 spiro atoms. The van der Waals surface area contributed by atoms with E-state index < -0.39 is 17.4 Å². The summed E-state index contributed by atoms with van der Waals surface area (Å²) < 4.78 is 5.95. The number of halogens is 1. The van der Waals surface area contributed by atoms with E-state index in [1.165, 1.54) is 0 Å². The van der Waals surface area contributed by atoms with Crippen LogP contribution in [-0.2, 0) is 16.8 Å². The molecule has 1 amide bonds. The summed E-state index contributed by atoms with van der Waals surface area (Å²) in [7, 11) is 1.58. The Bertz CT molecular complexity index is 910. The van der Waals surface area contributed by atoms with Gasteiger partial charge in [-0.15, -0.1) is 0 Å². The normalized spacial score (nSPS) is 24.5. The monoisotopic (exact) mass is 401 g/mol. The third-order valence-electron chi connectivity index (χ3n) is 5.09. The predicted octanol–water partition coefficient (Wildman–Crippen LogP) is 3.04. The first-order valence-electron chi connectivity index (χ1n) is 8.00. The van der Waals surface area contributed by atoms with Gasteiger partial charge in [0.1, 0.15) is 5.75 Å². The summed E-state index contributed by atoms with van der Waals surface area (Å²) in [6.07, 6.45) is 0.997. The van der Waals surface area contributed by atoms with Crippen LogP contribution in [-0.4, -0.2) is 23.9 Å². The zero-order valence-electron chi connectivity index (χ0n) is 13.5. The molecule has 0 saturated carbocycles. The number of benzene rings is 2. The molecule has 0 fully saturated rings. The van der Waals surface area contributed by atoms with Gasteiger partial charge in [0, 0.05) is 21.3 Å². The van der Waals surface area contributed by atoms with Gasteiger partial charge in [-0.25, -0.2) is 0 Å². The summed E-state index contributed by atoms with van der Waals surface area (Å²) in [6.45, 7) is 0. The number of rotatable bonds is 2. The van der Waals surface area contributed by atoms with Gasteiger partial charge in [0.05, 0.1) is 13.0 Å². The molecule has 5 nitrogen and oxygen atoms in total. The Morgan fingerprint density at radius 3 is 2.80 bits per heavy atom. The first kappa shape index (κ1) is 16.3. The Labute approximate surface area is 153 Å². The van der Waals surface area contributed by atoms with E-state index in [-0.39, 0.29) is 5.78 Å². The molecule has 0 aromatic heterocycles. The number of Topliss-reactive ketones (excluding diaryl/α,β-unsaturated/α-hetero) is 1. The standard InChI is InChI=1S/C19H16BrNO4/c1-25-12-4-5-13-10(8-12)2-6-14(17(13)22)19(24)15-9-11(20)3-7-16(15)21-18(19)23/h3-5,7-9,14,24H,2,6H2,1H3,(H,21,23)/t14-,19+/m1/s1. The van der Waals surface area contributed by atoms with Crippen LogP contribution in [0.2, 0.25) is 0 Å². The van der Waals surface area contributed by atoms with E-state index in [1.54, 1.807) is 37.4 Å². The minimum absolute atomic E-state index is 0.214. The maximum absolute atomic E-state index is 13.1. The SMILES string of the molecule is COc1ccc2c(c1)CC[C@@H]([C@@]1(O)C(=O)Nc3ccc(Br)cc31)C2=O.